The van der Waals surface area contributed by atoms with Crippen LogP contribution in [0.2, 0.25) is 0 Å². The fourth-order valence-electron chi connectivity index (χ4n) is 1.24. The second-order valence-corrected chi connectivity index (χ2v) is 4.32. The fourth-order valence-corrected chi connectivity index (χ4v) is 1.44. The molecule has 4 nitrogen and oxygen atoms in total. The minimum atomic E-state index is 0.276. The monoisotopic (exact) mass is 273 g/mol. The highest BCUT2D eigenvalue weighted by Gasteiger charge is 2.02. The maximum atomic E-state index is 8.64. The molecular formula is C10H16BrN3O. The topological polar surface area (TPSA) is 49.2 Å². The van der Waals surface area contributed by atoms with E-state index < -0.39 is 0 Å². The van der Waals surface area contributed by atoms with E-state index in [-0.39, 0.29) is 6.61 Å². The number of hydrogen-bond donors (Lipinski definition) is 1. The molecular weight excluding hydrogens is 258 g/mol. The molecule has 0 aromatic carbocycles. The molecule has 0 aliphatic heterocycles. The summed E-state index contributed by atoms with van der Waals surface area (Å²) in [6.45, 7) is 1.19. The van der Waals surface area contributed by atoms with Crippen LogP contribution in [-0.4, -0.2) is 35.3 Å². The van der Waals surface area contributed by atoms with Crippen LogP contribution in [0.25, 0.3) is 0 Å². The second kappa shape index (κ2) is 6.74. The Bertz CT molecular complexity index is 279. The third kappa shape index (κ3) is 4.57. The molecule has 0 unspecified atom stereocenters. The minimum Gasteiger partial charge on any atom is -0.396 e. The molecule has 1 N–H and O–H groups in total. The van der Waals surface area contributed by atoms with Crippen molar-refractivity contribution >= 4 is 21.9 Å². The molecule has 0 aliphatic carbocycles. The van der Waals surface area contributed by atoms with E-state index >= 15 is 0 Å². The van der Waals surface area contributed by atoms with Crippen LogP contribution >= 0.6 is 15.9 Å². The Labute approximate surface area is 98.5 Å². The van der Waals surface area contributed by atoms with E-state index in [4.69, 9.17) is 5.11 Å². The van der Waals surface area contributed by atoms with Crippen LogP contribution in [0.15, 0.2) is 16.9 Å². The van der Waals surface area contributed by atoms with Crippen LogP contribution in [0.1, 0.15) is 19.3 Å². The van der Waals surface area contributed by atoms with Gasteiger partial charge in [-0.15, -0.1) is 0 Å². The van der Waals surface area contributed by atoms with E-state index in [0.29, 0.717) is 0 Å². The van der Waals surface area contributed by atoms with Gasteiger partial charge >= 0.3 is 0 Å². The molecule has 0 spiro atoms. The van der Waals surface area contributed by atoms with Crippen molar-refractivity contribution in [1.29, 1.82) is 0 Å². The van der Waals surface area contributed by atoms with E-state index in [1.165, 1.54) is 0 Å². The first kappa shape index (κ1) is 12.4. The third-order valence-electron chi connectivity index (χ3n) is 2.10. The Morgan fingerprint density at radius 2 is 1.93 bits per heavy atom. The molecule has 0 amide bonds. The Kier molecular flexibility index (Phi) is 5.57. The number of nitrogens with zero attached hydrogens (tertiary/aromatic N) is 3. The zero-order chi connectivity index (χ0) is 11.1. The average Bonchev–Trinajstić information content (AvgIpc) is 2.25. The molecule has 15 heavy (non-hydrogen) atoms. The molecule has 0 saturated carbocycles. The molecule has 0 fully saturated rings. The summed E-state index contributed by atoms with van der Waals surface area (Å²) in [7, 11) is 1.97. The van der Waals surface area contributed by atoms with Crippen LogP contribution in [0.4, 0.5) is 5.95 Å². The van der Waals surface area contributed by atoms with Crippen molar-refractivity contribution in [3.8, 4) is 0 Å². The largest absolute Gasteiger partial charge is 0.396 e. The minimum absolute atomic E-state index is 0.276. The number of aromatic nitrogens is 2. The molecule has 0 saturated heterocycles. The van der Waals surface area contributed by atoms with Crippen molar-refractivity contribution in [3.05, 3.63) is 16.9 Å². The maximum absolute atomic E-state index is 8.64. The van der Waals surface area contributed by atoms with Crippen molar-refractivity contribution in [2.75, 3.05) is 25.1 Å². The lowest BCUT2D eigenvalue weighted by Gasteiger charge is -2.16. The van der Waals surface area contributed by atoms with E-state index in [9.17, 15) is 0 Å². The number of rotatable bonds is 6. The van der Waals surface area contributed by atoms with Gasteiger partial charge in [0.05, 0.1) is 4.47 Å². The molecule has 0 aliphatic rings. The van der Waals surface area contributed by atoms with Crippen LogP contribution in [-0.2, 0) is 0 Å². The molecule has 1 aromatic rings. The van der Waals surface area contributed by atoms with E-state index in [0.717, 1.165) is 36.2 Å². The lowest BCUT2D eigenvalue weighted by Crippen LogP contribution is -2.20. The predicted octanol–water partition coefficient (Wildman–Crippen LogP) is 1.84. The summed E-state index contributed by atoms with van der Waals surface area (Å²) in [5.74, 6) is 0.738. The first-order valence-corrected chi connectivity index (χ1v) is 5.83. The Balaban J connectivity index is 2.33. The second-order valence-electron chi connectivity index (χ2n) is 3.41. The summed E-state index contributed by atoms with van der Waals surface area (Å²) >= 11 is 3.30. The smallest absolute Gasteiger partial charge is 0.225 e. The average molecular weight is 274 g/mol. The first-order valence-electron chi connectivity index (χ1n) is 5.03. The lowest BCUT2D eigenvalue weighted by molar-refractivity contribution is 0.283. The summed E-state index contributed by atoms with van der Waals surface area (Å²) in [5.41, 5.74) is 0. The van der Waals surface area contributed by atoms with Crippen molar-refractivity contribution in [1.82, 2.24) is 9.97 Å². The first-order chi connectivity index (χ1) is 7.24. The van der Waals surface area contributed by atoms with Gasteiger partial charge in [-0.05, 0) is 35.2 Å². The van der Waals surface area contributed by atoms with Gasteiger partial charge in [0.1, 0.15) is 0 Å². The van der Waals surface area contributed by atoms with Crippen LogP contribution in [0, 0.1) is 0 Å². The standard InChI is InChI=1S/C10H16BrN3O/c1-14(5-3-2-4-6-15)10-12-7-9(11)8-13-10/h7-8,15H,2-6H2,1H3. The van der Waals surface area contributed by atoms with Crippen molar-refractivity contribution in [2.24, 2.45) is 0 Å². The van der Waals surface area contributed by atoms with Gasteiger partial charge in [-0.1, -0.05) is 0 Å². The molecule has 0 radical (unpaired) electrons. The molecule has 0 bridgehead atoms. The molecule has 5 heteroatoms. The van der Waals surface area contributed by atoms with Gasteiger partial charge in [-0.3, -0.25) is 0 Å². The number of unbranched alkanes of at least 4 members (excludes halogenated alkanes) is 2. The number of aliphatic hydroxyl groups is 1. The Morgan fingerprint density at radius 1 is 1.27 bits per heavy atom. The van der Waals surface area contributed by atoms with E-state index in [2.05, 4.69) is 25.9 Å². The SMILES string of the molecule is CN(CCCCCO)c1ncc(Br)cn1. The summed E-state index contributed by atoms with van der Waals surface area (Å²) in [4.78, 5) is 10.4. The quantitative estimate of drug-likeness (QED) is 0.804. The van der Waals surface area contributed by atoms with Gasteiger partial charge in [0, 0.05) is 32.6 Å². The number of aliphatic hydroxyl groups excluding tert-OH is 1. The lowest BCUT2D eigenvalue weighted by atomic mass is 10.2. The van der Waals surface area contributed by atoms with Crippen LogP contribution in [0.5, 0.6) is 0 Å². The highest BCUT2D eigenvalue weighted by Crippen LogP contribution is 2.10. The summed E-state index contributed by atoms with van der Waals surface area (Å²) in [6, 6.07) is 0. The van der Waals surface area contributed by atoms with Gasteiger partial charge in [0.15, 0.2) is 0 Å². The molecule has 1 heterocycles. The van der Waals surface area contributed by atoms with Crippen molar-refractivity contribution < 1.29 is 5.11 Å². The molecule has 1 aromatic heterocycles. The van der Waals surface area contributed by atoms with Crippen LogP contribution < -0.4 is 4.90 Å². The summed E-state index contributed by atoms with van der Waals surface area (Å²) in [5, 5.41) is 8.64. The molecule has 0 atom stereocenters. The highest BCUT2D eigenvalue weighted by molar-refractivity contribution is 9.10. The van der Waals surface area contributed by atoms with E-state index in [1.807, 2.05) is 11.9 Å². The van der Waals surface area contributed by atoms with Gasteiger partial charge in [-0.25, -0.2) is 9.97 Å². The van der Waals surface area contributed by atoms with Gasteiger partial charge in [-0.2, -0.15) is 0 Å². The van der Waals surface area contributed by atoms with Crippen molar-refractivity contribution in [3.63, 3.8) is 0 Å². The number of hydrogen-bond acceptors (Lipinski definition) is 4. The van der Waals surface area contributed by atoms with Crippen molar-refractivity contribution in [2.45, 2.75) is 19.3 Å². The third-order valence-corrected chi connectivity index (χ3v) is 2.51. The zero-order valence-corrected chi connectivity index (χ0v) is 10.4. The Hall–Kier alpha value is -0.680. The van der Waals surface area contributed by atoms with Gasteiger partial charge in [0.2, 0.25) is 5.95 Å². The van der Waals surface area contributed by atoms with Crippen LogP contribution in [0.3, 0.4) is 0 Å². The fraction of sp³-hybridized carbons (Fsp3) is 0.600. The molecule has 1 rings (SSSR count). The zero-order valence-electron chi connectivity index (χ0n) is 8.86. The van der Waals surface area contributed by atoms with Gasteiger partial charge < -0.3 is 10.0 Å². The predicted molar refractivity (Wildman–Crippen MR) is 63.9 cm³/mol. The number of anilines is 1. The van der Waals surface area contributed by atoms with Gasteiger partial charge in [0.25, 0.3) is 0 Å². The van der Waals surface area contributed by atoms with E-state index in [1.54, 1.807) is 12.4 Å². The molecule has 84 valence electrons. The number of halogens is 1. The summed E-state index contributed by atoms with van der Waals surface area (Å²) < 4.78 is 0.889. The Morgan fingerprint density at radius 3 is 2.53 bits per heavy atom. The summed E-state index contributed by atoms with van der Waals surface area (Å²) in [6.07, 6.45) is 6.45. The maximum Gasteiger partial charge on any atom is 0.225 e. The normalized spacial score (nSPS) is 10.3. The highest BCUT2D eigenvalue weighted by atomic mass is 79.9.